The van der Waals surface area contributed by atoms with Crippen molar-refractivity contribution >= 4 is 21.6 Å². The number of hydrogen-bond acceptors (Lipinski definition) is 7. The van der Waals surface area contributed by atoms with Gasteiger partial charge in [0.15, 0.2) is 12.4 Å². The Kier molecular flexibility index (Phi) is 6.96. The molecular formula is C20H22ClN3O5S. The van der Waals surface area contributed by atoms with Gasteiger partial charge < -0.3 is 14.0 Å². The highest BCUT2D eigenvalue weighted by atomic mass is 35.5. The number of methoxy groups -OCH3 is 1. The van der Waals surface area contributed by atoms with Crippen LogP contribution in [0.1, 0.15) is 17.3 Å². The van der Waals surface area contributed by atoms with Crippen LogP contribution < -0.4 is 9.47 Å². The summed E-state index contributed by atoms with van der Waals surface area (Å²) in [5, 5.41) is 4.29. The van der Waals surface area contributed by atoms with Gasteiger partial charge in [0.05, 0.1) is 12.0 Å². The first kappa shape index (κ1) is 22.1. The molecule has 0 atom stereocenters. The Morgan fingerprint density at radius 1 is 1.13 bits per heavy atom. The van der Waals surface area contributed by atoms with Crippen LogP contribution >= 0.6 is 11.6 Å². The van der Waals surface area contributed by atoms with Crippen LogP contribution in [0.15, 0.2) is 51.9 Å². The van der Waals surface area contributed by atoms with Crippen molar-refractivity contribution in [3.63, 3.8) is 0 Å². The number of ether oxygens (including phenoxy) is 2. The molecule has 10 heteroatoms. The third-order valence-corrected chi connectivity index (χ3v) is 6.90. The molecular weight excluding hydrogens is 430 g/mol. The van der Waals surface area contributed by atoms with Crippen LogP contribution in [0.3, 0.4) is 0 Å². The van der Waals surface area contributed by atoms with E-state index in [9.17, 15) is 8.42 Å². The van der Waals surface area contributed by atoms with Crippen LogP contribution in [-0.2, 0) is 23.1 Å². The Morgan fingerprint density at radius 2 is 1.83 bits per heavy atom. The van der Waals surface area contributed by atoms with Gasteiger partial charge in [-0.05, 0) is 48.9 Å². The van der Waals surface area contributed by atoms with E-state index in [0.717, 1.165) is 5.75 Å². The van der Waals surface area contributed by atoms with Crippen LogP contribution in [0.25, 0.3) is 0 Å². The molecule has 0 N–H and O–H groups in total. The lowest BCUT2D eigenvalue weighted by molar-refractivity contribution is 0.242. The van der Waals surface area contributed by atoms with Gasteiger partial charge in [-0.25, -0.2) is 12.7 Å². The summed E-state index contributed by atoms with van der Waals surface area (Å²) in [4.78, 5) is 4.43. The molecule has 160 valence electrons. The van der Waals surface area contributed by atoms with Crippen molar-refractivity contribution in [2.75, 3.05) is 20.7 Å². The van der Waals surface area contributed by atoms with E-state index in [2.05, 4.69) is 10.1 Å². The monoisotopic (exact) mass is 451 g/mol. The first-order chi connectivity index (χ1) is 14.3. The second-order valence-electron chi connectivity index (χ2n) is 6.51. The Balaban J connectivity index is 1.57. The lowest BCUT2D eigenvalue weighted by Gasteiger charge is -2.18. The lowest BCUT2D eigenvalue weighted by atomic mass is 10.2. The normalized spacial score (nSPS) is 11.6. The molecule has 0 aliphatic heterocycles. The van der Waals surface area contributed by atoms with Gasteiger partial charge >= 0.3 is 0 Å². The minimum absolute atomic E-state index is 0.106. The number of halogens is 1. The van der Waals surface area contributed by atoms with E-state index >= 15 is 0 Å². The van der Waals surface area contributed by atoms with Gasteiger partial charge in [0.1, 0.15) is 11.5 Å². The van der Waals surface area contributed by atoms with Gasteiger partial charge in [-0.2, -0.15) is 4.98 Å². The fourth-order valence-electron chi connectivity index (χ4n) is 2.68. The van der Waals surface area contributed by atoms with Crippen LogP contribution in [0.2, 0.25) is 5.02 Å². The molecule has 2 aromatic carbocycles. The number of nitrogens with zero attached hydrogens (tertiary/aromatic N) is 3. The molecule has 0 spiro atoms. The van der Waals surface area contributed by atoms with E-state index in [4.69, 9.17) is 25.6 Å². The maximum atomic E-state index is 12.8. The van der Waals surface area contributed by atoms with Crippen LogP contribution in [0.5, 0.6) is 11.5 Å². The summed E-state index contributed by atoms with van der Waals surface area (Å²) in [6.07, 6.45) is 0.293. The molecule has 3 rings (SSSR count). The first-order valence-electron chi connectivity index (χ1n) is 9.11. The molecule has 0 saturated heterocycles. The molecule has 0 aliphatic rings. The summed E-state index contributed by atoms with van der Waals surface area (Å²) in [5.41, 5.74) is 0.517. The SMILES string of the molecule is COc1ccc(OCc2nc(CCN(C)S(=O)(=O)c3cccc(Cl)c3C)no2)cc1. The first-order valence-corrected chi connectivity index (χ1v) is 10.9. The van der Waals surface area contributed by atoms with Crippen molar-refractivity contribution < 1.29 is 22.4 Å². The standard InChI is InChI=1S/C20H22ClN3O5S/c1-14-17(21)5-4-6-18(14)30(25,26)24(2)12-11-19-22-20(29-23-19)13-28-16-9-7-15(27-3)8-10-16/h4-10H,11-13H2,1-3H3. The number of aromatic nitrogens is 2. The Morgan fingerprint density at radius 3 is 2.53 bits per heavy atom. The van der Waals surface area contributed by atoms with Crippen molar-refractivity contribution in [2.24, 2.45) is 0 Å². The van der Waals surface area contributed by atoms with Crippen molar-refractivity contribution in [3.8, 4) is 11.5 Å². The molecule has 30 heavy (non-hydrogen) atoms. The topological polar surface area (TPSA) is 94.8 Å². The lowest BCUT2D eigenvalue weighted by Crippen LogP contribution is -2.29. The quantitative estimate of drug-likeness (QED) is 0.491. The third-order valence-electron chi connectivity index (χ3n) is 4.49. The van der Waals surface area contributed by atoms with E-state index < -0.39 is 10.0 Å². The second kappa shape index (κ2) is 9.46. The molecule has 0 unspecified atom stereocenters. The summed E-state index contributed by atoms with van der Waals surface area (Å²) in [7, 11) is -0.584. The zero-order valence-electron chi connectivity index (χ0n) is 16.8. The second-order valence-corrected chi connectivity index (χ2v) is 8.93. The van der Waals surface area contributed by atoms with Crippen molar-refractivity contribution in [3.05, 3.63) is 64.8 Å². The van der Waals surface area contributed by atoms with Gasteiger partial charge in [-0.15, -0.1) is 0 Å². The molecule has 0 bridgehead atoms. The fourth-order valence-corrected chi connectivity index (χ4v) is 4.33. The molecule has 0 amide bonds. The summed E-state index contributed by atoms with van der Waals surface area (Å²) in [6, 6.07) is 11.9. The summed E-state index contributed by atoms with van der Waals surface area (Å²) < 4.78 is 42.7. The molecule has 3 aromatic rings. The number of rotatable bonds is 9. The number of benzene rings is 2. The fraction of sp³-hybridized carbons (Fsp3) is 0.300. The molecule has 1 heterocycles. The molecule has 0 aliphatic carbocycles. The maximum Gasteiger partial charge on any atom is 0.264 e. The zero-order chi connectivity index (χ0) is 21.7. The summed E-state index contributed by atoms with van der Waals surface area (Å²) in [5.74, 6) is 2.07. The molecule has 1 aromatic heterocycles. The van der Waals surface area contributed by atoms with Crippen LogP contribution in [-0.4, -0.2) is 43.6 Å². The van der Waals surface area contributed by atoms with E-state index in [1.165, 1.54) is 17.4 Å². The summed E-state index contributed by atoms with van der Waals surface area (Å²) in [6.45, 7) is 1.97. The van der Waals surface area contributed by atoms with Crippen molar-refractivity contribution in [1.29, 1.82) is 0 Å². The van der Waals surface area contributed by atoms with Gasteiger partial charge in [-0.3, -0.25) is 0 Å². The zero-order valence-corrected chi connectivity index (χ0v) is 18.4. The molecule has 0 saturated carbocycles. The molecule has 8 nitrogen and oxygen atoms in total. The maximum absolute atomic E-state index is 12.8. The predicted molar refractivity (Wildman–Crippen MR) is 111 cm³/mol. The number of sulfonamides is 1. The minimum Gasteiger partial charge on any atom is -0.497 e. The molecule has 0 radical (unpaired) electrons. The van der Waals surface area contributed by atoms with Crippen molar-refractivity contribution in [1.82, 2.24) is 14.4 Å². The molecule has 0 fully saturated rings. The van der Waals surface area contributed by atoms with Gasteiger partial charge in [-0.1, -0.05) is 22.8 Å². The highest BCUT2D eigenvalue weighted by Crippen LogP contribution is 2.25. The average Bonchev–Trinajstić information content (AvgIpc) is 3.20. The Bertz CT molecular complexity index is 1100. The van der Waals surface area contributed by atoms with E-state index in [-0.39, 0.29) is 18.0 Å². The van der Waals surface area contributed by atoms with Crippen LogP contribution in [0, 0.1) is 6.92 Å². The van der Waals surface area contributed by atoms with E-state index in [1.807, 2.05) is 0 Å². The minimum atomic E-state index is -3.68. The summed E-state index contributed by atoms with van der Waals surface area (Å²) >= 11 is 6.06. The van der Waals surface area contributed by atoms with E-state index in [0.29, 0.717) is 34.5 Å². The number of likely N-dealkylation sites (N-methyl/N-ethyl adjacent to an activating group) is 1. The Labute approximate surface area is 180 Å². The largest absolute Gasteiger partial charge is 0.497 e. The van der Waals surface area contributed by atoms with Crippen LogP contribution in [0.4, 0.5) is 0 Å². The Hall–Kier alpha value is -2.62. The average molecular weight is 452 g/mol. The highest BCUT2D eigenvalue weighted by Gasteiger charge is 2.24. The highest BCUT2D eigenvalue weighted by molar-refractivity contribution is 7.89. The van der Waals surface area contributed by atoms with Gasteiger partial charge in [0.25, 0.3) is 5.89 Å². The smallest absolute Gasteiger partial charge is 0.264 e. The van der Waals surface area contributed by atoms with Crippen molar-refractivity contribution in [2.45, 2.75) is 24.8 Å². The van der Waals surface area contributed by atoms with Gasteiger partial charge in [0, 0.05) is 25.0 Å². The van der Waals surface area contributed by atoms with Gasteiger partial charge in [0.2, 0.25) is 10.0 Å². The van der Waals surface area contributed by atoms with E-state index in [1.54, 1.807) is 50.4 Å². The number of hydrogen-bond donors (Lipinski definition) is 0. The predicted octanol–water partition coefficient (Wildman–Crippen LogP) is 3.48. The third kappa shape index (κ3) is 5.10.